The van der Waals surface area contributed by atoms with Gasteiger partial charge in [0.25, 0.3) is 5.91 Å². The van der Waals surface area contributed by atoms with Crippen LogP contribution in [0.2, 0.25) is 0 Å². The maximum absolute atomic E-state index is 13.1. The van der Waals surface area contributed by atoms with E-state index in [1.165, 1.54) is 15.9 Å². The van der Waals surface area contributed by atoms with E-state index in [1.54, 1.807) is 25.1 Å². The average molecular weight is 392 g/mol. The van der Waals surface area contributed by atoms with Crippen LogP contribution in [0.25, 0.3) is 5.69 Å². The van der Waals surface area contributed by atoms with E-state index in [-0.39, 0.29) is 19.1 Å². The summed E-state index contributed by atoms with van der Waals surface area (Å²) in [6.45, 7) is 4.02. The highest BCUT2D eigenvalue weighted by Gasteiger charge is 2.48. The van der Waals surface area contributed by atoms with Crippen molar-refractivity contribution in [2.45, 2.75) is 19.4 Å². The van der Waals surface area contributed by atoms with Gasteiger partial charge in [-0.15, -0.1) is 5.10 Å². The van der Waals surface area contributed by atoms with E-state index in [4.69, 9.17) is 4.74 Å². The molecule has 148 valence electrons. The third-order valence-electron chi connectivity index (χ3n) is 4.89. The number of carbonyl (C=O) groups excluding carboxylic acids is 2. The van der Waals surface area contributed by atoms with E-state index < -0.39 is 11.6 Å². The van der Waals surface area contributed by atoms with E-state index >= 15 is 0 Å². The van der Waals surface area contributed by atoms with Crippen molar-refractivity contribution in [1.29, 1.82) is 0 Å². The molecule has 0 spiro atoms. The Kier molecular flexibility index (Phi) is 4.71. The zero-order valence-electron chi connectivity index (χ0n) is 16.1. The molecule has 1 N–H and O–H groups in total. The second-order valence-electron chi connectivity index (χ2n) is 6.98. The molecule has 1 fully saturated rings. The van der Waals surface area contributed by atoms with Crippen molar-refractivity contribution < 1.29 is 14.3 Å². The molecule has 2 heterocycles. The Labute approximate surface area is 167 Å². The second-order valence-corrected chi connectivity index (χ2v) is 6.98. The van der Waals surface area contributed by atoms with Crippen molar-refractivity contribution in [2.24, 2.45) is 0 Å². The van der Waals surface area contributed by atoms with Crippen LogP contribution in [0.3, 0.4) is 0 Å². The molecule has 29 heavy (non-hydrogen) atoms. The summed E-state index contributed by atoms with van der Waals surface area (Å²) < 4.78 is 7.18. The minimum absolute atomic E-state index is 0.154. The summed E-state index contributed by atoms with van der Waals surface area (Å²) >= 11 is 0. The van der Waals surface area contributed by atoms with E-state index in [2.05, 4.69) is 20.8 Å². The third-order valence-corrected chi connectivity index (χ3v) is 4.89. The number of carbonyl (C=O) groups is 2. The number of hydrogen-bond donors (Lipinski definition) is 1. The van der Waals surface area contributed by atoms with Gasteiger partial charge in [0.2, 0.25) is 0 Å². The van der Waals surface area contributed by atoms with Gasteiger partial charge in [-0.25, -0.2) is 9.48 Å². The predicted octanol–water partition coefficient (Wildman–Crippen LogP) is 1.82. The number of aryl methyl sites for hydroxylation is 1. The van der Waals surface area contributed by atoms with Crippen LogP contribution in [0.15, 0.2) is 54.9 Å². The molecule has 0 saturated carbocycles. The van der Waals surface area contributed by atoms with Gasteiger partial charge in [0.15, 0.2) is 0 Å². The average Bonchev–Trinajstić information content (AvgIpc) is 3.32. The van der Waals surface area contributed by atoms with Gasteiger partial charge in [-0.05, 0) is 59.7 Å². The lowest BCUT2D eigenvalue weighted by Gasteiger charge is -2.22. The molecule has 0 aliphatic carbocycles. The van der Waals surface area contributed by atoms with Crippen molar-refractivity contribution >= 4 is 11.9 Å². The van der Waals surface area contributed by atoms with Crippen LogP contribution in [-0.2, 0) is 10.3 Å². The third kappa shape index (κ3) is 3.54. The summed E-state index contributed by atoms with van der Waals surface area (Å²) in [4.78, 5) is 26.7. The van der Waals surface area contributed by atoms with Crippen LogP contribution < -0.4 is 10.1 Å². The quantitative estimate of drug-likeness (QED) is 0.642. The largest absolute Gasteiger partial charge is 0.492 e. The van der Waals surface area contributed by atoms with E-state index in [0.29, 0.717) is 17.0 Å². The smallest absolute Gasteiger partial charge is 0.325 e. The summed E-state index contributed by atoms with van der Waals surface area (Å²) in [5.41, 5.74) is 1.24. The Bertz CT molecular complexity index is 1050. The molecule has 2 aromatic carbocycles. The van der Waals surface area contributed by atoms with Crippen molar-refractivity contribution in [3.8, 4) is 11.4 Å². The van der Waals surface area contributed by atoms with Crippen LogP contribution in [0, 0.1) is 6.92 Å². The maximum atomic E-state index is 13.1. The lowest BCUT2D eigenvalue weighted by Crippen LogP contribution is -2.41. The zero-order chi connectivity index (χ0) is 20.4. The molecule has 4 rings (SSSR count). The van der Waals surface area contributed by atoms with Gasteiger partial charge in [0, 0.05) is 0 Å². The molecule has 1 aliphatic rings. The monoisotopic (exact) mass is 392 g/mol. The van der Waals surface area contributed by atoms with Gasteiger partial charge >= 0.3 is 6.03 Å². The van der Waals surface area contributed by atoms with Crippen LogP contribution in [0.1, 0.15) is 18.1 Å². The minimum atomic E-state index is -1.18. The Morgan fingerprint density at radius 1 is 1.14 bits per heavy atom. The van der Waals surface area contributed by atoms with Crippen LogP contribution in [0.4, 0.5) is 4.79 Å². The number of imide groups is 1. The summed E-state index contributed by atoms with van der Waals surface area (Å²) in [6, 6.07) is 14.3. The van der Waals surface area contributed by atoms with Crippen molar-refractivity contribution in [1.82, 2.24) is 30.4 Å². The van der Waals surface area contributed by atoms with Gasteiger partial charge in [0.1, 0.15) is 24.2 Å². The molecule has 3 amide bonds. The Hall–Kier alpha value is -3.75. The fourth-order valence-corrected chi connectivity index (χ4v) is 3.29. The van der Waals surface area contributed by atoms with E-state index in [9.17, 15) is 9.59 Å². The zero-order valence-corrected chi connectivity index (χ0v) is 16.1. The highest BCUT2D eigenvalue weighted by molar-refractivity contribution is 6.07. The van der Waals surface area contributed by atoms with Crippen molar-refractivity contribution in [3.05, 3.63) is 66.0 Å². The molecule has 1 atom stereocenters. The molecule has 1 aliphatic heterocycles. The number of rotatable bonds is 6. The lowest BCUT2D eigenvalue weighted by atomic mass is 9.91. The summed E-state index contributed by atoms with van der Waals surface area (Å²) in [5, 5.41) is 13.9. The standard InChI is InChI=1S/C20H20N6O3/c1-14-5-3-8-17(11-14)29-10-9-25-18(27)20(2,22-19(25)28)15-6-4-7-16(12-15)26-13-21-23-24-26/h3-8,11-13H,9-10H2,1-2H3,(H,22,28). The summed E-state index contributed by atoms with van der Waals surface area (Å²) in [6.07, 6.45) is 1.46. The van der Waals surface area contributed by atoms with Gasteiger partial charge in [-0.1, -0.05) is 24.3 Å². The molecular weight excluding hydrogens is 372 g/mol. The number of urea groups is 1. The molecule has 1 aromatic heterocycles. The highest BCUT2D eigenvalue weighted by Crippen LogP contribution is 2.29. The maximum Gasteiger partial charge on any atom is 0.325 e. The van der Waals surface area contributed by atoms with Crippen molar-refractivity contribution in [2.75, 3.05) is 13.2 Å². The van der Waals surface area contributed by atoms with Crippen molar-refractivity contribution in [3.63, 3.8) is 0 Å². The molecule has 9 heteroatoms. The number of tetrazole rings is 1. The first-order valence-electron chi connectivity index (χ1n) is 9.15. The molecule has 3 aromatic rings. The SMILES string of the molecule is Cc1cccc(OCCN2C(=O)NC(C)(c3cccc(-n4cnnn4)c3)C2=O)c1. The van der Waals surface area contributed by atoms with Gasteiger partial charge in [-0.2, -0.15) is 0 Å². The summed E-state index contributed by atoms with van der Waals surface area (Å²) in [5.74, 6) is 0.373. The Balaban J connectivity index is 1.49. The number of amides is 3. The first kappa shape index (κ1) is 18.6. The Morgan fingerprint density at radius 3 is 2.72 bits per heavy atom. The number of nitrogens with zero attached hydrogens (tertiary/aromatic N) is 5. The van der Waals surface area contributed by atoms with E-state index in [0.717, 1.165) is 5.56 Å². The number of aromatic nitrogens is 4. The summed E-state index contributed by atoms with van der Waals surface area (Å²) in [7, 11) is 0. The fourth-order valence-electron chi connectivity index (χ4n) is 3.29. The Morgan fingerprint density at radius 2 is 1.97 bits per heavy atom. The van der Waals surface area contributed by atoms with Gasteiger partial charge in [0.05, 0.1) is 12.2 Å². The van der Waals surface area contributed by atoms with Crippen LogP contribution >= 0.6 is 0 Å². The molecular formula is C20H20N6O3. The first-order chi connectivity index (χ1) is 14.0. The lowest BCUT2D eigenvalue weighted by molar-refractivity contribution is -0.131. The number of nitrogens with one attached hydrogen (secondary N) is 1. The molecule has 1 unspecified atom stereocenters. The normalized spacial score (nSPS) is 18.8. The number of hydrogen-bond acceptors (Lipinski definition) is 6. The molecule has 9 nitrogen and oxygen atoms in total. The predicted molar refractivity (Wildman–Crippen MR) is 103 cm³/mol. The van der Waals surface area contributed by atoms with E-state index in [1.807, 2.05) is 37.3 Å². The number of ether oxygens (including phenoxy) is 1. The minimum Gasteiger partial charge on any atom is -0.492 e. The highest BCUT2D eigenvalue weighted by atomic mass is 16.5. The van der Waals surface area contributed by atoms with Gasteiger partial charge in [-0.3, -0.25) is 9.69 Å². The molecule has 0 bridgehead atoms. The molecule has 1 saturated heterocycles. The van der Waals surface area contributed by atoms with Gasteiger partial charge < -0.3 is 10.1 Å². The first-order valence-corrected chi connectivity index (χ1v) is 9.15. The second kappa shape index (κ2) is 7.34. The topological polar surface area (TPSA) is 102 Å². The van der Waals surface area contributed by atoms with Crippen LogP contribution in [0.5, 0.6) is 5.75 Å². The van der Waals surface area contributed by atoms with Crippen LogP contribution in [-0.4, -0.2) is 50.2 Å². The fraction of sp³-hybridized carbons (Fsp3) is 0.250. The number of benzene rings is 2. The molecule has 0 radical (unpaired) electrons.